The highest BCUT2D eigenvalue weighted by atomic mass is 32.1. The zero-order valence-electron chi connectivity index (χ0n) is 32.2. The molecular formula is C40H54N4O10S. The van der Waals surface area contributed by atoms with E-state index in [-0.39, 0.29) is 51.2 Å². The zero-order valence-corrected chi connectivity index (χ0v) is 33.1. The van der Waals surface area contributed by atoms with Gasteiger partial charge < -0.3 is 44.7 Å². The van der Waals surface area contributed by atoms with Crippen LogP contribution < -0.4 is 15.4 Å². The van der Waals surface area contributed by atoms with Crippen molar-refractivity contribution in [2.45, 2.75) is 78.1 Å². The lowest BCUT2D eigenvalue weighted by Gasteiger charge is -2.35. The van der Waals surface area contributed by atoms with Crippen molar-refractivity contribution in [1.82, 2.24) is 20.5 Å². The molecule has 3 aromatic rings. The Labute approximate surface area is 326 Å². The second-order valence-corrected chi connectivity index (χ2v) is 15.4. The number of nitrogens with zero attached hydrogens (tertiary/aromatic N) is 2. The molecule has 1 fully saturated rings. The fourth-order valence-electron chi connectivity index (χ4n) is 6.04. The lowest BCUT2D eigenvalue weighted by atomic mass is 9.85. The van der Waals surface area contributed by atoms with Gasteiger partial charge in [0.1, 0.15) is 31.0 Å². The van der Waals surface area contributed by atoms with E-state index < -0.39 is 41.4 Å². The van der Waals surface area contributed by atoms with Gasteiger partial charge in [-0.3, -0.25) is 19.2 Å². The molecule has 4 atom stereocenters. The summed E-state index contributed by atoms with van der Waals surface area (Å²) in [7, 11) is 0. The van der Waals surface area contributed by atoms with Gasteiger partial charge in [-0.15, -0.1) is 11.3 Å². The number of hydrogen-bond donors (Lipinski definition) is 4. The highest BCUT2D eigenvalue weighted by molar-refractivity contribution is 7.13. The van der Waals surface area contributed by atoms with Gasteiger partial charge in [-0.2, -0.15) is 0 Å². The van der Waals surface area contributed by atoms with Crippen LogP contribution in [-0.2, 0) is 39.8 Å². The Morgan fingerprint density at radius 1 is 0.927 bits per heavy atom. The summed E-state index contributed by atoms with van der Waals surface area (Å²) >= 11 is 1.57. The van der Waals surface area contributed by atoms with E-state index in [4.69, 9.17) is 24.1 Å². The fourth-order valence-corrected chi connectivity index (χ4v) is 6.86. The van der Waals surface area contributed by atoms with Crippen LogP contribution in [0.4, 0.5) is 0 Å². The minimum Gasteiger partial charge on any atom is -0.491 e. The number of rotatable bonds is 21. The molecule has 3 amide bonds. The number of carboxylic acids is 1. The van der Waals surface area contributed by atoms with Crippen LogP contribution in [0.5, 0.6) is 5.75 Å². The third-order valence-corrected chi connectivity index (χ3v) is 10.1. The molecule has 2 heterocycles. The van der Waals surface area contributed by atoms with Crippen LogP contribution in [0.3, 0.4) is 0 Å². The number of thiazole rings is 1. The fraction of sp³-hybridized carbons (Fsp3) is 0.525. The summed E-state index contributed by atoms with van der Waals surface area (Å²) in [4.78, 5) is 57.8. The number of aliphatic carboxylic acids is 1. The minimum absolute atomic E-state index is 0.0212. The van der Waals surface area contributed by atoms with Crippen LogP contribution in [0.2, 0.25) is 0 Å². The molecule has 2 aromatic carbocycles. The molecule has 1 aromatic heterocycles. The van der Waals surface area contributed by atoms with Gasteiger partial charge in [0.25, 0.3) is 0 Å². The standard InChI is InChI=1S/C40H54N4O10S/c1-26(29-9-11-30(12-10-29)36-27(2)41-25-55-36)42-38(49)33-22-31(45)23-44(33)39(50)37(40(3,4)5)43-34(46)24-53-19-18-51-16-17-52-20-21-54-32-13-6-28(7-14-32)8-15-35(47)48/h6-7,9-14,25-26,31,33,37,45H,8,15-24H2,1-5H3,(H,42,49)(H,43,46)(H,47,48)/t26-,31+,33-,37?/m0/s1. The predicted molar refractivity (Wildman–Crippen MR) is 207 cm³/mol. The minimum atomic E-state index is -0.968. The lowest BCUT2D eigenvalue weighted by molar-refractivity contribution is -0.144. The zero-order chi connectivity index (χ0) is 40.0. The van der Waals surface area contributed by atoms with Crippen molar-refractivity contribution in [2.75, 3.05) is 52.8 Å². The maximum Gasteiger partial charge on any atom is 0.303 e. The molecule has 0 saturated carbocycles. The summed E-state index contributed by atoms with van der Waals surface area (Å²) in [6.45, 7) is 10.8. The average molecular weight is 783 g/mol. The van der Waals surface area contributed by atoms with E-state index >= 15 is 0 Å². The van der Waals surface area contributed by atoms with Gasteiger partial charge in [0.15, 0.2) is 0 Å². The van der Waals surface area contributed by atoms with Gasteiger partial charge in [0.05, 0.1) is 61.3 Å². The topological polar surface area (TPSA) is 186 Å². The van der Waals surface area contributed by atoms with Gasteiger partial charge in [-0.1, -0.05) is 57.2 Å². The number of likely N-dealkylation sites (tertiary alicyclic amines) is 1. The molecule has 4 rings (SSSR count). The third-order valence-electron chi connectivity index (χ3n) is 9.08. The SMILES string of the molecule is Cc1ncsc1-c1ccc([C@H](C)NC(=O)[C@@H]2C[C@@H](O)CN2C(=O)C(NC(=O)COCCOCCOCCOc2ccc(CCC(=O)O)cc2)C(C)(C)C)cc1. The number of aliphatic hydroxyl groups excluding tert-OH is 1. The van der Waals surface area contributed by atoms with Crippen molar-refractivity contribution in [3.63, 3.8) is 0 Å². The Morgan fingerprint density at radius 2 is 1.56 bits per heavy atom. The van der Waals surface area contributed by atoms with Crippen molar-refractivity contribution in [1.29, 1.82) is 0 Å². The molecule has 0 radical (unpaired) electrons. The molecular weight excluding hydrogens is 729 g/mol. The molecule has 14 nitrogen and oxygen atoms in total. The first-order chi connectivity index (χ1) is 26.2. The van der Waals surface area contributed by atoms with Crippen LogP contribution in [0.1, 0.15) is 63.4 Å². The number of benzene rings is 2. The molecule has 1 unspecified atom stereocenters. The molecule has 1 aliphatic heterocycles. The van der Waals surface area contributed by atoms with Crippen molar-refractivity contribution in [2.24, 2.45) is 5.41 Å². The molecule has 0 aliphatic carbocycles. The van der Waals surface area contributed by atoms with Crippen LogP contribution in [0.15, 0.2) is 54.0 Å². The number of ether oxygens (including phenoxy) is 4. The van der Waals surface area contributed by atoms with Crippen molar-refractivity contribution < 1.29 is 48.3 Å². The van der Waals surface area contributed by atoms with E-state index in [1.54, 1.807) is 23.5 Å². The Bertz CT molecular complexity index is 1690. The van der Waals surface area contributed by atoms with Crippen LogP contribution in [0.25, 0.3) is 10.4 Å². The maximum absolute atomic E-state index is 13.9. The normalized spacial score (nSPS) is 16.7. The van der Waals surface area contributed by atoms with Gasteiger partial charge in [-0.25, -0.2) is 4.98 Å². The second-order valence-electron chi connectivity index (χ2n) is 14.5. The molecule has 1 saturated heterocycles. The van der Waals surface area contributed by atoms with Gasteiger partial charge >= 0.3 is 5.97 Å². The number of β-amino-alcohol motifs (C(OH)–C–C–N with tert-alkyl or cyclic N) is 1. The Hall–Kier alpha value is -4.41. The van der Waals surface area contributed by atoms with Crippen molar-refractivity contribution >= 4 is 35.0 Å². The highest BCUT2D eigenvalue weighted by Gasteiger charge is 2.44. The number of carbonyl (C=O) groups excluding carboxylic acids is 3. The number of hydrogen-bond acceptors (Lipinski definition) is 11. The Balaban J connectivity index is 1.14. The highest BCUT2D eigenvalue weighted by Crippen LogP contribution is 2.29. The number of amides is 3. The third kappa shape index (κ3) is 13.7. The summed E-state index contributed by atoms with van der Waals surface area (Å²) in [6.07, 6.45) is -0.233. The number of aliphatic hydroxyl groups is 1. The smallest absolute Gasteiger partial charge is 0.303 e. The molecule has 300 valence electrons. The maximum atomic E-state index is 13.9. The monoisotopic (exact) mass is 782 g/mol. The van der Waals surface area contributed by atoms with E-state index in [0.29, 0.717) is 38.6 Å². The van der Waals surface area contributed by atoms with E-state index in [9.17, 15) is 24.3 Å². The van der Waals surface area contributed by atoms with E-state index in [2.05, 4.69) is 15.6 Å². The summed E-state index contributed by atoms with van der Waals surface area (Å²) in [5, 5.41) is 25.1. The van der Waals surface area contributed by atoms with Gasteiger partial charge in [0, 0.05) is 19.4 Å². The largest absolute Gasteiger partial charge is 0.491 e. The van der Waals surface area contributed by atoms with Crippen molar-refractivity contribution in [3.8, 4) is 16.2 Å². The van der Waals surface area contributed by atoms with Crippen molar-refractivity contribution in [3.05, 3.63) is 70.9 Å². The first-order valence-electron chi connectivity index (χ1n) is 18.5. The van der Waals surface area contributed by atoms with E-state index in [0.717, 1.165) is 27.3 Å². The number of carboxylic acid groups (broad SMARTS) is 1. The first-order valence-corrected chi connectivity index (χ1v) is 19.4. The molecule has 0 spiro atoms. The molecule has 0 bridgehead atoms. The summed E-state index contributed by atoms with van der Waals surface area (Å²) in [5.74, 6) is -1.47. The molecule has 4 N–H and O–H groups in total. The van der Waals surface area contributed by atoms with Crippen LogP contribution in [-0.4, -0.2) is 115 Å². The Morgan fingerprint density at radius 3 is 2.16 bits per heavy atom. The number of carbonyl (C=O) groups is 4. The average Bonchev–Trinajstić information content (AvgIpc) is 3.76. The van der Waals surface area contributed by atoms with Crippen LogP contribution in [0, 0.1) is 12.3 Å². The Kier molecular flexibility index (Phi) is 16.6. The van der Waals surface area contributed by atoms with Crippen LogP contribution >= 0.6 is 11.3 Å². The second kappa shape index (κ2) is 21.0. The predicted octanol–water partition coefficient (Wildman–Crippen LogP) is 3.93. The quantitative estimate of drug-likeness (QED) is 0.115. The molecule has 1 aliphatic rings. The first kappa shape index (κ1) is 43.3. The van der Waals surface area contributed by atoms with E-state index in [1.165, 1.54) is 4.90 Å². The summed E-state index contributed by atoms with van der Waals surface area (Å²) in [6, 6.07) is 13.0. The number of aryl methyl sites for hydroxylation is 2. The van der Waals surface area contributed by atoms with Gasteiger partial charge in [-0.05, 0) is 54.5 Å². The lowest BCUT2D eigenvalue weighted by Crippen LogP contribution is -2.58. The molecule has 55 heavy (non-hydrogen) atoms. The van der Waals surface area contributed by atoms with Gasteiger partial charge in [0.2, 0.25) is 17.7 Å². The number of nitrogens with one attached hydrogen (secondary N) is 2. The molecule has 15 heteroatoms. The summed E-state index contributed by atoms with van der Waals surface area (Å²) < 4.78 is 22.1. The number of aromatic nitrogens is 1. The summed E-state index contributed by atoms with van der Waals surface area (Å²) in [5.41, 5.74) is 4.94. The van der Waals surface area contributed by atoms with E-state index in [1.807, 2.05) is 76.5 Å².